The number of hydrogen-bond donors (Lipinski definition) is 2. The molecule has 2 atom stereocenters. The molecule has 2 unspecified atom stereocenters. The average Bonchev–Trinajstić information content (AvgIpc) is 2.81. The zero-order valence-electron chi connectivity index (χ0n) is 9.23. The highest BCUT2D eigenvalue weighted by Crippen LogP contribution is 2.36. The van der Waals surface area contributed by atoms with Crippen LogP contribution in [0.2, 0.25) is 0 Å². The minimum absolute atomic E-state index is 0.292. The molecule has 1 aromatic rings. The Hall–Kier alpha value is -1.22. The summed E-state index contributed by atoms with van der Waals surface area (Å²) in [6.45, 7) is 2.31. The molecule has 0 amide bonds. The van der Waals surface area contributed by atoms with Crippen molar-refractivity contribution in [3.05, 3.63) is 24.3 Å². The van der Waals surface area contributed by atoms with Gasteiger partial charge in [0.25, 0.3) is 0 Å². The van der Waals surface area contributed by atoms with Crippen LogP contribution in [0.15, 0.2) is 24.3 Å². The lowest BCUT2D eigenvalue weighted by Crippen LogP contribution is -2.18. The van der Waals surface area contributed by atoms with Crippen molar-refractivity contribution in [1.82, 2.24) is 5.32 Å². The van der Waals surface area contributed by atoms with Gasteiger partial charge in [-0.2, -0.15) is 0 Å². The molecule has 1 saturated carbocycles. The molecular weight excluding hydrogens is 202 g/mol. The highest BCUT2D eigenvalue weighted by molar-refractivity contribution is 5.30. The number of fused-ring (bicyclic) bond motifs is 1. The molecule has 3 nitrogen and oxygen atoms in total. The molecule has 0 spiro atoms. The van der Waals surface area contributed by atoms with E-state index in [0.717, 1.165) is 30.7 Å². The summed E-state index contributed by atoms with van der Waals surface area (Å²) in [5.41, 5.74) is 0. The largest absolute Gasteiger partial charge is 0.508 e. The first-order chi connectivity index (χ1) is 7.81. The van der Waals surface area contributed by atoms with Gasteiger partial charge < -0.3 is 15.2 Å². The van der Waals surface area contributed by atoms with Crippen LogP contribution in [0.1, 0.15) is 12.8 Å². The van der Waals surface area contributed by atoms with Crippen molar-refractivity contribution < 1.29 is 9.84 Å². The molecule has 3 rings (SSSR count). The summed E-state index contributed by atoms with van der Waals surface area (Å²) < 4.78 is 5.93. The Bertz CT molecular complexity index is 351. The van der Waals surface area contributed by atoms with Crippen molar-refractivity contribution in [3.8, 4) is 11.5 Å². The molecule has 2 N–H and O–H groups in total. The van der Waals surface area contributed by atoms with Gasteiger partial charge in [0.1, 0.15) is 11.5 Å². The predicted molar refractivity (Wildman–Crippen MR) is 61.6 cm³/mol. The fourth-order valence-corrected chi connectivity index (χ4v) is 2.92. The van der Waals surface area contributed by atoms with Gasteiger partial charge in [-0.05, 0) is 62.0 Å². The zero-order valence-corrected chi connectivity index (χ0v) is 9.23. The van der Waals surface area contributed by atoms with E-state index in [4.69, 9.17) is 4.74 Å². The lowest BCUT2D eigenvalue weighted by molar-refractivity contribution is 0.199. The maximum Gasteiger partial charge on any atom is 0.119 e. The van der Waals surface area contributed by atoms with Gasteiger partial charge in [-0.25, -0.2) is 0 Å². The quantitative estimate of drug-likeness (QED) is 0.796. The van der Waals surface area contributed by atoms with Gasteiger partial charge in [0.15, 0.2) is 0 Å². The third kappa shape index (κ3) is 1.87. The first kappa shape index (κ1) is 9.97. The molecule has 86 valence electrons. The Labute approximate surface area is 95.4 Å². The number of hydrogen-bond acceptors (Lipinski definition) is 3. The maximum absolute atomic E-state index is 9.19. The predicted octanol–water partition coefficient (Wildman–Crippen LogP) is 1.77. The topological polar surface area (TPSA) is 41.5 Å². The summed E-state index contributed by atoms with van der Waals surface area (Å²) in [7, 11) is 0. The Morgan fingerprint density at radius 3 is 2.31 bits per heavy atom. The molecule has 0 radical (unpaired) electrons. The molecule has 1 aliphatic carbocycles. The van der Waals surface area contributed by atoms with E-state index in [1.807, 2.05) is 12.1 Å². The fraction of sp³-hybridized carbons (Fsp3) is 0.538. The van der Waals surface area contributed by atoms with Gasteiger partial charge >= 0.3 is 0 Å². The summed E-state index contributed by atoms with van der Waals surface area (Å²) in [4.78, 5) is 0. The van der Waals surface area contributed by atoms with Crippen molar-refractivity contribution in [2.75, 3.05) is 13.1 Å². The minimum atomic E-state index is 0.292. The van der Waals surface area contributed by atoms with Crippen LogP contribution >= 0.6 is 0 Å². The van der Waals surface area contributed by atoms with Gasteiger partial charge in [-0.1, -0.05) is 0 Å². The Kier molecular flexibility index (Phi) is 2.48. The number of phenols is 1. The van der Waals surface area contributed by atoms with Crippen LogP contribution in [0.25, 0.3) is 0 Å². The van der Waals surface area contributed by atoms with E-state index in [-0.39, 0.29) is 0 Å². The minimum Gasteiger partial charge on any atom is -0.508 e. The molecule has 3 heteroatoms. The van der Waals surface area contributed by atoms with Crippen molar-refractivity contribution in [3.63, 3.8) is 0 Å². The Balaban J connectivity index is 1.62. The van der Waals surface area contributed by atoms with Crippen molar-refractivity contribution in [1.29, 1.82) is 0 Å². The molecule has 1 aliphatic heterocycles. The highest BCUT2D eigenvalue weighted by Gasteiger charge is 2.38. The molecule has 2 aliphatic rings. The monoisotopic (exact) mass is 219 g/mol. The van der Waals surface area contributed by atoms with Crippen LogP contribution in [-0.2, 0) is 0 Å². The van der Waals surface area contributed by atoms with Gasteiger partial charge in [0.05, 0.1) is 6.10 Å². The number of benzene rings is 1. The van der Waals surface area contributed by atoms with Crippen LogP contribution < -0.4 is 10.1 Å². The molecule has 2 fully saturated rings. The van der Waals surface area contributed by atoms with E-state index in [1.165, 1.54) is 12.8 Å². The van der Waals surface area contributed by atoms with E-state index < -0.39 is 0 Å². The summed E-state index contributed by atoms with van der Waals surface area (Å²) >= 11 is 0. The highest BCUT2D eigenvalue weighted by atomic mass is 16.5. The summed E-state index contributed by atoms with van der Waals surface area (Å²) in [6.07, 6.45) is 2.69. The van der Waals surface area contributed by atoms with Gasteiger partial charge in [-0.3, -0.25) is 0 Å². The van der Waals surface area contributed by atoms with Crippen LogP contribution in [0.4, 0.5) is 0 Å². The molecular formula is C13H17NO2. The van der Waals surface area contributed by atoms with Crippen molar-refractivity contribution in [2.24, 2.45) is 11.8 Å². The van der Waals surface area contributed by atoms with E-state index in [2.05, 4.69) is 5.32 Å². The molecule has 0 bridgehead atoms. The standard InChI is InChI=1S/C13H17NO2/c15-11-1-3-12(4-2-11)16-13-5-9-7-14-8-10(9)6-13/h1-4,9-10,13-15H,5-8H2. The molecule has 1 heterocycles. The van der Waals surface area contributed by atoms with E-state index >= 15 is 0 Å². The summed E-state index contributed by atoms with van der Waals surface area (Å²) in [5, 5.41) is 12.6. The molecule has 1 aromatic carbocycles. The Morgan fingerprint density at radius 1 is 1.06 bits per heavy atom. The second kappa shape index (κ2) is 3.98. The molecule has 0 aromatic heterocycles. The van der Waals surface area contributed by atoms with Crippen molar-refractivity contribution >= 4 is 0 Å². The van der Waals surface area contributed by atoms with Gasteiger partial charge in [0, 0.05) is 0 Å². The van der Waals surface area contributed by atoms with Crippen LogP contribution in [0.3, 0.4) is 0 Å². The van der Waals surface area contributed by atoms with Crippen LogP contribution in [-0.4, -0.2) is 24.3 Å². The number of ether oxygens (including phenoxy) is 1. The van der Waals surface area contributed by atoms with Crippen LogP contribution in [0.5, 0.6) is 11.5 Å². The molecule has 1 saturated heterocycles. The van der Waals surface area contributed by atoms with E-state index in [9.17, 15) is 5.11 Å². The first-order valence-electron chi connectivity index (χ1n) is 5.97. The number of aromatic hydroxyl groups is 1. The fourth-order valence-electron chi connectivity index (χ4n) is 2.92. The van der Waals surface area contributed by atoms with Gasteiger partial charge in [-0.15, -0.1) is 0 Å². The SMILES string of the molecule is Oc1ccc(OC2CC3CNCC3C2)cc1. The van der Waals surface area contributed by atoms with Crippen LogP contribution in [0, 0.1) is 11.8 Å². The zero-order chi connectivity index (χ0) is 11.0. The first-order valence-corrected chi connectivity index (χ1v) is 5.97. The molecule has 16 heavy (non-hydrogen) atoms. The normalized spacial score (nSPS) is 32.6. The van der Waals surface area contributed by atoms with Crippen molar-refractivity contribution in [2.45, 2.75) is 18.9 Å². The second-order valence-electron chi connectivity index (χ2n) is 4.88. The number of rotatable bonds is 2. The lowest BCUT2D eigenvalue weighted by atomic mass is 10.0. The average molecular weight is 219 g/mol. The number of phenolic OH excluding ortho intramolecular Hbond substituents is 1. The number of nitrogens with one attached hydrogen (secondary N) is 1. The third-order valence-electron chi connectivity index (χ3n) is 3.75. The van der Waals surface area contributed by atoms with E-state index in [0.29, 0.717) is 11.9 Å². The summed E-state index contributed by atoms with van der Waals surface area (Å²) in [6, 6.07) is 7.02. The summed E-state index contributed by atoms with van der Waals surface area (Å²) in [5.74, 6) is 2.78. The lowest BCUT2D eigenvalue weighted by Gasteiger charge is -2.14. The Morgan fingerprint density at radius 2 is 1.69 bits per heavy atom. The second-order valence-corrected chi connectivity index (χ2v) is 4.88. The maximum atomic E-state index is 9.19. The van der Waals surface area contributed by atoms with E-state index in [1.54, 1.807) is 12.1 Å². The smallest absolute Gasteiger partial charge is 0.119 e. The van der Waals surface area contributed by atoms with Gasteiger partial charge in [0.2, 0.25) is 0 Å². The third-order valence-corrected chi connectivity index (χ3v) is 3.75.